The summed E-state index contributed by atoms with van der Waals surface area (Å²) in [5.41, 5.74) is 6.97. The highest BCUT2D eigenvalue weighted by atomic mass is 19.1. The monoisotopic (exact) mass is 464 g/mol. The van der Waals surface area contributed by atoms with Crippen molar-refractivity contribution in [1.82, 2.24) is 4.90 Å². The Morgan fingerprint density at radius 3 is 2.37 bits per heavy atom. The summed E-state index contributed by atoms with van der Waals surface area (Å²) in [5, 5.41) is 8.86. The van der Waals surface area contributed by atoms with Crippen LogP contribution in [0.4, 0.5) is 9.18 Å². The predicted molar refractivity (Wildman–Crippen MR) is 132 cm³/mol. The Morgan fingerprint density at radius 2 is 1.71 bits per heavy atom. The van der Waals surface area contributed by atoms with Gasteiger partial charge in [-0.3, -0.25) is 4.90 Å². The highest BCUT2D eigenvalue weighted by molar-refractivity contribution is 5.79. The second-order valence-electron chi connectivity index (χ2n) is 9.55. The average molecular weight is 465 g/mol. The van der Waals surface area contributed by atoms with Crippen LogP contribution in [0.2, 0.25) is 0 Å². The Kier molecular flexibility index (Phi) is 5.37. The van der Waals surface area contributed by atoms with Crippen LogP contribution >= 0.6 is 0 Å². The van der Waals surface area contributed by atoms with Crippen LogP contribution in [0.15, 0.2) is 72.8 Å². The fourth-order valence-corrected chi connectivity index (χ4v) is 6.00. The Labute approximate surface area is 204 Å². The molecule has 174 valence electrons. The molecule has 3 aromatic carbocycles. The van der Waals surface area contributed by atoms with Crippen LogP contribution in [0.3, 0.4) is 0 Å². The molecule has 0 spiro atoms. The van der Waals surface area contributed by atoms with Crippen molar-refractivity contribution in [2.75, 3.05) is 6.61 Å². The molecule has 1 amide bonds. The molecule has 2 bridgehead atoms. The van der Waals surface area contributed by atoms with Crippen LogP contribution in [0.25, 0.3) is 16.7 Å². The zero-order chi connectivity index (χ0) is 23.9. The summed E-state index contributed by atoms with van der Waals surface area (Å²) in [4.78, 5) is 15.1. The molecular weight excluding hydrogens is 439 g/mol. The van der Waals surface area contributed by atoms with Crippen LogP contribution in [-0.2, 0) is 11.2 Å². The molecule has 2 aliphatic heterocycles. The molecule has 6 rings (SSSR count). The highest BCUT2D eigenvalue weighted by Crippen LogP contribution is 2.45. The summed E-state index contributed by atoms with van der Waals surface area (Å²) in [5.74, 6) is -0.279. The van der Waals surface area contributed by atoms with Gasteiger partial charge >= 0.3 is 6.09 Å². The molecule has 1 aliphatic carbocycles. The summed E-state index contributed by atoms with van der Waals surface area (Å²) < 4.78 is 20.7. The van der Waals surface area contributed by atoms with E-state index in [1.807, 2.05) is 41.3 Å². The number of nitriles is 1. The average Bonchev–Trinajstić information content (AvgIpc) is 3.33. The van der Waals surface area contributed by atoms with Crippen molar-refractivity contribution >= 4 is 11.7 Å². The van der Waals surface area contributed by atoms with E-state index in [0.717, 1.165) is 18.4 Å². The summed E-state index contributed by atoms with van der Waals surface area (Å²) in [6, 6.07) is 23.6. The molecule has 0 saturated carbocycles. The minimum Gasteiger partial charge on any atom is -0.448 e. The number of halogens is 1. The van der Waals surface area contributed by atoms with Crippen LogP contribution in [0, 0.1) is 17.1 Å². The van der Waals surface area contributed by atoms with Gasteiger partial charge in [0.05, 0.1) is 18.5 Å². The first-order chi connectivity index (χ1) is 17.1. The summed E-state index contributed by atoms with van der Waals surface area (Å²) >= 11 is 0. The van der Waals surface area contributed by atoms with E-state index in [9.17, 15) is 9.18 Å². The number of hydrogen-bond acceptors (Lipinski definition) is 3. The number of carbonyl (C=O) groups excluding carboxylic acids is 1. The van der Waals surface area contributed by atoms with Crippen molar-refractivity contribution in [2.45, 2.75) is 43.7 Å². The zero-order valence-corrected chi connectivity index (χ0v) is 19.3. The van der Waals surface area contributed by atoms with Gasteiger partial charge in [0.2, 0.25) is 0 Å². The van der Waals surface area contributed by atoms with E-state index < -0.39 is 0 Å². The van der Waals surface area contributed by atoms with Crippen molar-refractivity contribution in [3.05, 3.63) is 101 Å². The first kappa shape index (κ1) is 21.6. The van der Waals surface area contributed by atoms with Gasteiger partial charge in [0.1, 0.15) is 12.4 Å². The third kappa shape index (κ3) is 3.70. The first-order valence-electron chi connectivity index (χ1n) is 12.1. The molecule has 3 aliphatic rings. The molecule has 1 fully saturated rings. The molecular formula is C30H25FN2O2. The number of amides is 1. The van der Waals surface area contributed by atoms with E-state index in [-0.39, 0.29) is 36.3 Å². The van der Waals surface area contributed by atoms with Gasteiger partial charge in [0.15, 0.2) is 0 Å². The van der Waals surface area contributed by atoms with E-state index >= 15 is 0 Å². The summed E-state index contributed by atoms with van der Waals surface area (Å²) in [6.45, 7) is 0.300. The van der Waals surface area contributed by atoms with Crippen molar-refractivity contribution in [3.8, 4) is 17.2 Å². The van der Waals surface area contributed by atoms with Crippen molar-refractivity contribution in [3.63, 3.8) is 0 Å². The lowest BCUT2D eigenvalue weighted by Gasteiger charge is -2.33. The SMILES string of the molecule is N#CCc1ccc(C2=CC3CCC(C2)N3C(=O)OCC2c3ccccc3-c3ccccc32)c(F)c1. The van der Waals surface area contributed by atoms with E-state index in [1.165, 1.54) is 28.3 Å². The Bertz CT molecular complexity index is 1340. The van der Waals surface area contributed by atoms with E-state index in [2.05, 4.69) is 30.3 Å². The highest BCUT2D eigenvalue weighted by Gasteiger charge is 2.41. The third-order valence-corrected chi connectivity index (χ3v) is 7.60. The van der Waals surface area contributed by atoms with Gasteiger partial charge in [0.25, 0.3) is 0 Å². The van der Waals surface area contributed by atoms with Crippen LogP contribution in [0.1, 0.15) is 47.4 Å². The molecule has 35 heavy (non-hydrogen) atoms. The predicted octanol–water partition coefficient (Wildman–Crippen LogP) is 6.46. The number of hydrogen-bond donors (Lipinski definition) is 0. The zero-order valence-electron chi connectivity index (χ0n) is 19.3. The molecule has 0 radical (unpaired) electrons. The van der Waals surface area contributed by atoms with Crippen molar-refractivity contribution < 1.29 is 13.9 Å². The molecule has 2 atom stereocenters. The summed E-state index contributed by atoms with van der Waals surface area (Å²) in [6.07, 6.45) is 4.26. The fraction of sp³-hybridized carbons (Fsp3) is 0.267. The number of carbonyl (C=O) groups is 1. The molecule has 4 nitrogen and oxygen atoms in total. The van der Waals surface area contributed by atoms with Gasteiger partial charge in [-0.1, -0.05) is 66.7 Å². The van der Waals surface area contributed by atoms with E-state index in [4.69, 9.17) is 10.00 Å². The van der Waals surface area contributed by atoms with Gasteiger partial charge in [-0.15, -0.1) is 0 Å². The lowest BCUT2D eigenvalue weighted by Crippen LogP contribution is -2.43. The normalized spacial score (nSPS) is 20.1. The van der Waals surface area contributed by atoms with Crippen LogP contribution in [-0.4, -0.2) is 29.7 Å². The number of nitrogens with zero attached hydrogens (tertiary/aromatic N) is 2. The van der Waals surface area contributed by atoms with E-state index in [1.54, 1.807) is 6.07 Å². The molecule has 1 saturated heterocycles. The number of benzene rings is 3. The van der Waals surface area contributed by atoms with Gasteiger partial charge in [0, 0.05) is 17.5 Å². The topological polar surface area (TPSA) is 53.3 Å². The lowest BCUT2D eigenvalue weighted by molar-refractivity contribution is 0.0866. The molecule has 0 N–H and O–H groups in total. The van der Waals surface area contributed by atoms with Gasteiger partial charge < -0.3 is 4.74 Å². The van der Waals surface area contributed by atoms with Gasteiger partial charge in [-0.25, -0.2) is 9.18 Å². The second kappa shape index (κ2) is 8.70. The Morgan fingerprint density at radius 1 is 1.00 bits per heavy atom. The van der Waals surface area contributed by atoms with Crippen molar-refractivity contribution in [2.24, 2.45) is 0 Å². The maximum Gasteiger partial charge on any atom is 0.410 e. The largest absolute Gasteiger partial charge is 0.448 e. The fourth-order valence-electron chi connectivity index (χ4n) is 6.00. The molecule has 5 heteroatoms. The van der Waals surface area contributed by atoms with Crippen LogP contribution in [0.5, 0.6) is 0 Å². The smallest absolute Gasteiger partial charge is 0.410 e. The standard InChI is InChI=1S/C30H25FN2O2/c31-29-15-19(13-14-32)9-12-23(29)20-16-21-10-11-22(17-20)33(21)30(34)35-18-28-26-7-3-1-5-24(26)25-6-2-4-8-27(25)28/h1-9,12,15-16,21-22,28H,10-11,13,17-18H2. The minimum atomic E-state index is -0.307. The third-order valence-electron chi connectivity index (χ3n) is 7.60. The minimum absolute atomic E-state index is 0.00818. The van der Waals surface area contributed by atoms with Gasteiger partial charge in [-0.05, 0) is 58.7 Å². The Hall–Kier alpha value is -3.91. The quantitative estimate of drug-likeness (QED) is 0.445. The molecule has 0 aromatic heterocycles. The molecule has 3 aromatic rings. The molecule has 2 unspecified atom stereocenters. The van der Waals surface area contributed by atoms with Crippen LogP contribution < -0.4 is 0 Å². The lowest BCUT2D eigenvalue weighted by atomic mass is 9.93. The second-order valence-corrected chi connectivity index (χ2v) is 9.55. The molecule has 2 heterocycles. The van der Waals surface area contributed by atoms with Gasteiger partial charge in [-0.2, -0.15) is 5.26 Å². The maximum atomic E-state index is 14.8. The number of fused-ring (bicyclic) bond motifs is 5. The number of rotatable bonds is 4. The summed E-state index contributed by atoms with van der Waals surface area (Å²) in [7, 11) is 0. The maximum absolute atomic E-state index is 14.8. The number of ether oxygens (including phenoxy) is 1. The first-order valence-corrected chi connectivity index (χ1v) is 12.1. The van der Waals surface area contributed by atoms with E-state index in [0.29, 0.717) is 24.2 Å². The Balaban J connectivity index is 1.19. The van der Waals surface area contributed by atoms with Crippen molar-refractivity contribution in [1.29, 1.82) is 5.26 Å².